The lowest BCUT2D eigenvalue weighted by Crippen LogP contribution is -2.23. The van der Waals surface area contributed by atoms with Crippen LogP contribution in [-0.2, 0) is 0 Å². The molecule has 2 aliphatic carbocycles. The Kier molecular flexibility index (Phi) is 8.38. The summed E-state index contributed by atoms with van der Waals surface area (Å²) in [5.74, 6) is 0.985. The van der Waals surface area contributed by atoms with Crippen molar-refractivity contribution in [1.82, 2.24) is 5.32 Å². The van der Waals surface area contributed by atoms with Gasteiger partial charge in [-0.3, -0.25) is 0 Å². The fraction of sp³-hybridized carbons (Fsp3) is 0.229. The van der Waals surface area contributed by atoms with Crippen molar-refractivity contribution < 1.29 is 5.11 Å². The highest BCUT2D eigenvalue weighted by atomic mass is 127. The van der Waals surface area contributed by atoms with Crippen LogP contribution in [0.4, 0.5) is 0 Å². The zero-order valence-electron chi connectivity index (χ0n) is 22.4. The number of aromatic hydroxyl groups is 1. The standard InChI is InChI=1S/C35H33IN2O/c1-23-8-6-13-32(29-16-19-31(33(39)21-29)26-10-4-3-5-11-26)35(23)38-30-17-14-27(15-18-30)34(36)24(2)28-12-7-9-25(20-28)22-37/h3-7,9-14,16-17,19-21,23-24,34,38-39H,8,15,18H2,1-2H3/t23?,24-,34?/m1/s1. The maximum absolute atomic E-state index is 10.9. The molecule has 0 spiro atoms. The van der Waals surface area contributed by atoms with Gasteiger partial charge in [0.1, 0.15) is 5.75 Å². The summed E-state index contributed by atoms with van der Waals surface area (Å²) >= 11 is 2.56. The third-order valence-corrected chi connectivity index (χ3v) is 9.64. The van der Waals surface area contributed by atoms with E-state index in [2.05, 4.69) is 84.3 Å². The Morgan fingerprint density at radius 2 is 1.79 bits per heavy atom. The van der Waals surface area contributed by atoms with Gasteiger partial charge >= 0.3 is 0 Å². The second kappa shape index (κ2) is 12.1. The van der Waals surface area contributed by atoms with Gasteiger partial charge in [0.2, 0.25) is 0 Å². The molecule has 0 bridgehead atoms. The molecule has 0 heterocycles. The van der Waals surface area contributed by atoms with Gasteiger partial charge in [0.25, 0.3) is 0 Å². The number of nitriles is 1. The Bertz CT molecular complexity index is 1520. The zero-order chi connectivity index (χ0) is 27.4. The molecular weight excluding hydrogens is 591 g/mol. The molecule has 0 aromatic heterocycles. The molecule has 0 saturated carbocycles. The molecule has 0 saturated heterocycles. The Labute approximate surface area is 245 Å². The molecule has 5 rings (SSSR count). The zero-order valence-corrected chi connectivity index (χ0v) is 24.5. The fourth-order valence-corrected chi connectivity index (χ4v) is 6.34. The minimum Gasteiger partial charge on any atom is -0.507 e. The van der Waals surface area contributed by atoms with Crippen molar-refractivity contribution in [2.75, 3.05) is 0 Å². The van der Waals surface area contributed by atoms with E-state index in [1.54, 1.807) is 0 Å². The first-order chi connectivity index (χ1) is 18.9. The highest BCUT2D eigenvalue weighted by molar-refractivity contribution is 14.1. The van der Waals surface area contributed by atoms with E-state index in [1.165, 1.54) is 22.5 Å². The number of phenolic OH excluding ortho intramolecular Hbond substituents is 1. The third-order valence-electron chi connectivity index (χ3n) is 7.76. The molecule has 39 heavy (non-hydrogen) atoms. The van der Waals surface area contributed by atoms with Gasteiger partial charge < -0.3 is 10.4 Å². The number of halogens is 1. The number of phenols is 1. The Morgan fingerprint density at radius 1 is 0.974 bits per heavy atom. The van der Waals surface area contributed by atoms with E-state index in [0.717, 1.165) is 47.1 Å². The number of hydrogen-bond donors (Lipinski definition) is 2. The van der Waals surface area contributed by atoms with Crippen LogP contribution in [0.2, 0.25) is 0 Å². The van der Waals surface area contributed by atoms with Crippen molar-refractivity contribution in [1.29, 1.82) is 5.26 Å². The topological polar surface area (TPSA) is 56.0 Å². The summed E-state index contributed by atoms with van der Waals surface area (Å²) in [6, 6.07) is 26.3. The van der Waals surface area contributed by atoms with Gasteiger partial charge in [0.05, 0.1) is 11.6 Å². The molecule has 3 aromatic rings. The van der Waals surface area contributed by atoms with Crippen molar-refractivity contribution in [3.63, 3.8) is 0 Å². The van der Waals surface area contributed by atoms with Crippen LogP contribution < -0.4 is 5.32 Å². The van der Waals surface area contributed by atoms with Gasteiger partial charge in [-0.15, -0.1) is 0 Å². The van der Waals surface area contributed by atoms with Crippen LogP contribution in [0.25, 0.3) is 16.7 Å². The minimum atomic E-state index is 0.296. The van der Waals surface area contributed by atoms with Crippen molar-refractivity contribution in [2.24, 2.45) is 5.92 Å². The molecule has 196 valence electrons. The van der Waals surface area contributed by atoms with Crippen LogP contribution in [0.15, 0.2) is 114 Å². The summed E-state index contributed by atoms with van der Waals surface area (Å²) in [7, 11) is 0. The van der Waals surface area contributed by atoms with Crippen molar-refractivity contribution in [3.8, 4) is 22.9 Å². The lowest BCUT2D eigenvalue weighted by Gasteiger charge is -2.28. The van der Waals surface area contributed by atoms with E-state index in [9.17, 15) is 10.4 Å². The average molecular weight is 625 g/mol. The highest BCUT2D eigenvalue weighted by Gasteiger charge is 2.24. The van der Waals surface area contributed by atoms with E-state index >= 15 is 0 Å². The predicted octanol–water partition coefficient (Wildman–Crippen LogP) is 9.04. The van der Waals surface area contributed by atoms with Crippen molar-refractivity contribution >= 4 is 28.2 Å². The van der Waals surface area contributed by atoms with E-state index in [0.29, 0.717) is 21.5 Å². The average Bonchev–Trinajstić information content (AvgIpc) is 2.98. The first kappa shape index (κ1) is 27.0. The third kappa shape index (κ3) is 6.04. The maximum Gasteiger partial charge on any atom is 0.124 e. The van der Waals surface area contributed by atoms with E-state index in [1.807, 2.05) is 60.7 Å². The van der Waals surface area contributed by atoms with Gasteiger partial charge in [0.15, 0.2) is 0 Å². The summed E-state index contributed by atoms with van der Waals surface area (Å²) in [5.41, 5.74) is 9.80. The summed E-state index contributed by atoms with van der Waals surface area (Å²) < 4.78 is 0.367. The Balaban J connectivity index is 1.37. The number of rotatable bonds is 7. The Morgan fingerprint density at radius 3 is 2.51 bits per heavy atom. The number of alkyl halides is 1. The number of nitrogens with one attached hydrogen (secondary N) is 1. The summed E-state index contributed by atoms with van der Waals surface area (Å²) in [6.07, 6.45) is 11.9. The van der Waals surface area contributed by atoms with Gasteiger partial charge in [-0.25, -0.2) is 0 Å². The van der Waals surface area contributed by atoms with Crippen LogP contribution in [-0.4, -0.2) is 9.03 Å². The van der Waals surface area contributed by atoms with Crippen LogP contribution in [0.5, 0.6) is 5.75 Å². The molecule has 3 nitrogen and oxygen atoms in total. The number of allylic oxidation sites excluding steroid dienone is 8. The lowest BCUT2D eigenvalue weighted by atomic mass is 9.87. The molecule has 4 heteroatoms. The molecule has 0 amide bonds. The maximum atomic E-state index is 10.9. The molecule has 0 aliphatic heterocycles. The van der Waals surface area contributed by atoms with Crippen LogP contribution in [0.3, 0.4) is 0 Å². The molecule has 3 atom stereocenters. The van der Waals surface area contributed by atoms with Crippen LogP contribution >= 0.6 is 22.6 Å². The van der Waals surface area contributed by atoms with Crippen LogP contribution in [0, 0.1) is 17.2 Å². The predicted molar refractivity (Wildman–Crippen MR) is 169 cm³/mol. The SMILES string of the molecule is CC1CC=CC(c2ccc(-c3ccccc3)c(O)c2)=C1NC1=CC=C(C(I)[C@H](C)c2cccc(C#N)c2)CC1. The molecule has 2 N–H and O–H groups in total. The Hall–Kier alpha value is -3.56. The second-order valence-electron chi connectivity index (χ2n) is 10.5. The van der Waals surface area contributed by atoms with Crippen molar-refractivity contribution in [3.05, 3.63) is 131 Å². The van der Waals surface area contributed by atoms with E-state index in [4.69, 9.17) is 0 Å². The normalized spacial score (nSPS) is 18.6. The lowest BCUT2D eigenvalue weighted by molar-refractivity contribution is 0.477. The molecule has 2 unspecified atom stereocenters. The number of hydrogen-bond acceptors (Lipinski definition) is 3. The highest BCUT2D eigenvalue weighted by Crippen LogP contribution is 2.38. The summed E-state index contributed by atoms with van der Waals surface area (Å²) in [4.78, 5) is 0. The number of nitrogens with zero attached hydrogens (tertiary/aromatic N) is 1. The minimum absolute atomic E-state index is 0.296. The fourth-order valence-electron chi connectivity index (χ4n) is 5.41. The molecular formula is C35H33IN2O. The largest absolute Gasteiger partial charge is 0.507 e. The smallest absolute Gasteiger partial charge is 0.124 e. The summed E-state index contributed by atoms with van der Waals surface area (Å²) in [5, 5.41) is 23.9. The molecule has 2 aliphatic rings. The van der Waals surface area contributed by atoms with Crippen molar-refractivity contribution in [2.45, 2.75) is 43.0 Å². The first-order valence-corrected chi connectivity index (χ1v) is 14.8. The van der Waals surface area contributed by atoms with Crippen LogP contribution in [0.1, 0.15) is 55.7 Å². The second-order valence-corrected chi connectivity index (χ2v) is 11.8. The molecule has 3 aromatic carbocycles. The van der Waals surface area contributed by atoms with E-state index < -0.39 is 0 Å². The molecule has 0 radical (unpaired) electrons. The molecule has 0 fully saturated rings. The summed E-state index contributed by atoms with van der Waals surface area (Å²) in [6.45, 7) is 4.50. The number of benzene rings is 3. The van der Waals surface area contributed by atoms with Gasteiger partial charge in [0, 0.05) is 32.4 Å². The first-order valence-electron chi connectivity index (χ1n) is 13.5. The monoisotopic (exact) mass is 624 g/mol. The van der Waals surface area contributed by atoms with Gasteiger partial charge in [-0.2, -0.15) is 5.26 Å². The van der Waals surface area contributed by atoms with Gasteiger partial charge in [-0.05, 0) is 66.1 Å². The van der Waals surface area contributed by atoms with Gasteiger partial charge in [-0.1, -0.05) is 115 Å². The van der Waals surface area contributed by atoms with E-state index in [-0.39, 0.29) is 0 Å². The quantitative estimate of drug-likeness (QED) is 0.204.